The van der Waals surface area contributed by atoms with Crippen LogP contribution in [0, 0.1) is 12.8 Å². The van der Waals surface area contributed by atoms with Gasteiger partial charge in [0.25, 0.3) is 0 Å². The Bertz CT molecular complexity index is 1080. The molecule has 1 unspecified atom stereocenters. The van der Waals surface area contributed by atoms with Crippen molar-refractivity contribution in [3.8, 4) is 22.5 Å². The van der Waals surface area contributed by atoms with E-state index in [1.807, 2.05) is 42.6 Å². The SMILES string of the molecule is Cc1nn(C)cc1-c1c(-c2ccccc2)ncn1C(CC(C)C)c1cccnc1. The lowest BCUT2D eigenvalue weighted by atomic mass is 9.96. The summed E-state index contributed by atoms with van der Waals surface area (Å²) in [5.74, 6) is 0.533. The van der Waals surface area contributed by atoms with Crippen molar-refractivity contribution in [1.82, 2.24) is 24.3 Å². The normalized spacial score (nSPS) is 12.4. The molecule has 0 amide bonds. The summed E-state index contributed by atoms with van der Waals surface area (Å²) in [6.07, 6.45) is 8.86. The number of rotatable bonds is 6. The Morgan fingerprint density at radius 3 is 2.45 bits per heavy atom. The van der Waals surface area contributed by atoms with Crippen LogP contribution in [0.15, 0.2) is 67.4 Å². The summed E-state index contributed by atoms with van der Waals surface area (Å²) in [6, 6.07) is 14.7. The van der Waals surface area contributed by atoms with Crippen LogP contribution in [0.5, 0.6) is 0 Å². The molecule has 1 aromatic carbocycles. The molecular formula is C24H27N5. The lowest BCUT2D eigenvalue weighted by molar-refractivity contribution is 0.453. The fourth-order valence-corrected chi connectivity index (χ4v) is 3.93. The van der Waals surface area contributed by atoms with E-state index in [9.17, 15) is 0 Å². The molecule has 5 heteroatoms. The van der Waals surface area contributed by atoms with Crippen molar-refractivity contribution >= 4 is 0 Å². The zero-order chi connectivity index (χ0) is 20.4. The fourth-order valence-electron chi connectivity index (χ4n) is 3.93. The topological polar surface area (TPSA) is 48.5 Å². The van der Waals surface area contributed by atoms with Crippen LogP contribution in [-0.2, 0) is 7.05 Å². The van der Waals surface area contributed by atoms with Gasteiger partial charge in [0, 0.05) is 36.8 Å². The number of hydrogen-bond acceptors (Lipinski definition) is 3. The van der Waals surface area contributed by atoms with Crippen LogP contribution in [0.1, 0.15) is 37.6 Å². The van der Waals surface area contributed by atoms with E-state index in [1.54, 1.807) is 0 Å². The summed E-state index contributed by atoms with van der Waals surface area (Å²) in [4.78, 5) is 9.25. The predicted octanol–water partition coefficient (Wildman–Crippen LogP) is 5.29. The summed E-state index contributed by atoms with van der Waals surface area (Å²) in [6.45, 7) is 6.57. The summed E-state index contributed by atoms with van der Waals surface area (Å²) in [5.41, 5.74) is 6.51. The van der Waals surface area contributed by atoms with Crippen LogP contribution in [0.25, 0.3) is 22.5 Å². The zero-order valence-corrected chi connectivity index (χ0v) is 17.4. The Balaban J connectivity index is 1.95. The van der Waals surface area contributed by atoms with E-state index in [-0.39, 0.29) is 6.04 Å². The maximum absolute atomic E-state index is 4.87. The van der Waals surface area contributed by atoms with Crippen LogP contribution >= 0.6 is 0 Å². The van der Waals surface area contributed by atoms with Gasteiger partial charge in [-0.15, -0.1) is 0 Å². The minimum absolute atomic E-state index is 0.156. The lowest BCUT2D eigenvalue weighted by Crippen LogP contribution is -2.14. The van der Waals surface area contributed by atoms with Crippen LogP contribution in [-0.4, -0.2) is 24.3 Å². The molecule has 3 heterocycles. The van der Waals surface area contributed by atoms with Gasteiger partial charge in [0.05, 0.1) is 29.5 Å². The second-order valence-electron chi connectivity index (χ2n) is 7.95. The average Bonchev–Trinajstić information content (AvgIpc) is 3.29. The Hall–Kier alpha value is -3.21. The molecule has 0 bridgehead atoms. The van der Waals surface area contributed by atoms with Crippen molar-refractivity contribution in [2.45, 2.75) is 33.2 Å². The number of pyridine rings is 1. The van der Waals surface area contributed by atoms with Crippen LogP contribution in [0.4, 0.5) is 0 Å². The van der Waals surface area contributed by atoms with Gasteiger partial charge in [-0.3, -0.25) is 9.67 Å². The average molecular weight is 386 g/mol. The largest absolute Gasteiger partial charge is 0.322 e. The minimum Gasteiger partial charge on any atom is -0.322 e. The number of aryl methyl sites for hydroxylation is 2. The van der Waals surface area contributed by atoms with Crippen molar-refractivity contribution < 1.29 is 0 Å². The van der Waals surface area contributed by atoms with Crippen molar-refractivity contribution in [3.63, 3.8) is 0 Å². The first-order chi connectivity index (χ1) is 14.0. The van der Waals surface area contributed by atoms with E-state index in [0.29, 0.717) is 5.92 Å². The molecule has 4 rings (SSSR count). The number of benzene rings is 1. The highest BCUT2D eigenvalue weighted by atomic mass is 15.3. The molecule has 5 nitrogen and oxygen atoms in total. The van der Waals surface area contributed by atoms with E-state index in [4.69, 9.17) is 4.98 Å². The Morgan fingerprint density at radius 2 is 1.83 bits per heavy atom. The van der Waals surface area contributed by atoms with E-state index >= 15 is 0 Å². The maximum atomic E-state index is 4.87. The van der Waals surface area contributed by atoms with Crippen molar-refractivity contribution in [2.75, 3.05) is 0 Å². The summed E-state index contributed by atoms with van der Waals surface area (Å²) in [5, 5.41) is 4.60. The summed E-state index contributed by atoms with van der Waals surface area (Å²) >= 11 is 0. The second kappa shape index (κ2) is 8.03. The maximum Gasteiger partial charge on any atom is 0.0964 e. The molecule has 29 heavy (non-hydrogen) atoms. The molecule has 148 valence electrons. The molecule has 0 spiro atoms. The molecule has 1 atom stereocenters. The molecular weight excluding hydrogens is 358 g/mol. The first-order valence-electron chi connectivity index (χ1n) is 10.1. The van der Waals surface area contributed by atoms with E-state index in [2.05, 4.69) is 71.9 Å². The molecule has 0 aliphatic carbocycles. The van der Waals surface area contributed by atoms with Gasteiger partial charge in [-0.1, -0.05) is 50.2 Å². The number of hydrogen-bond donors (Lipinski definition) is 0. The first kappa shape index (κ1) is 19.1. The highest BCUT2D eigenvalue weighted by molar-refractivity contribution is 5.79. The van der Waals surface area contributed by atoms with Crippen molar-refractivity contribution in [3.05, 3.63) is 78.6 Å². The fraction of sp³-hybridized carbons (Fsp3) is 0.292. The molecule has 0 saturated heterocycles. The standard InChI is InChI=1S/C24H27N5/c1-17(2)13-22(20-11-8-12-25-14-20)29-16-26-23(19-9-6-5-7-10-19)24(29)21-15-28(4)27-18(21)3/h5-12,14-17,22H,13H2,1-4H3. The Labute approximate surface area is 172 Å². The molecule has 0 N–H and O–H groups in total. The highest BCUT2D eigenvalue weighted by Crippen LogP contribution is 2.37. The van der Waals surface area contributed by atoms with Crippen molar-refractivity contribution in [1.29, 1.82) is 0 Å². The smallest absolute Gasteiger partial charge is 0.0964 e. The lowest BCUT2D eigenvalue weighted by Gasteiger charge is -2.23. The van der Waals surface area contributed by atoms with Crippen LogP contribution in [0.3, 0.4) is 0 Å². The third kappa shape index (κ3) is 3.86. The monoisotopic (exact) mass is 385 g/mol. The van der Waals surface area contributed by atoms with Gasteiger partial charge >= 0.3 is 0 Å². The quantitative estimate of drug-likeness (QED) is 0.453. The minimum atomic E-state index is 0.156. The van der Waals surface area contributed by atoms with Gasteiger partial charge in [-0.25, -0.2) is 4.98 Å². The third-order valence-corrected chi connectivity index (χ3v) is 5.21. The van der Waals surface area contributed by atoms with Crippen LogP contribution < -0.4 is 0 Å². The van der Waals surface area contributed by atoms with Gasteiger partial charge in [-0.2, -0.15) is 5.10 Å². The number of nitrogens with zero attached hydrogens (tertiary/aromatic N) is 5. The molecule has 0 radical (unpaired) electrons. The van der Waals surface area contributed by atoms with Gasteiger partial charge in [0.2, 0.25) is 0 Å². The van der Waals surface area contributed by atoms with E-state index in [1.165, 1.54) is 5.56 Å². The van der Waals surface area contributed by atoms with Gasteiger partial charge in [0.15, 0.2) is 0 Å². The third-order valence-electron chi connectivity index (χ3n) is 5.21. The van der Waals surface area contributed by atoms with Gasteiger partial charge in [-0.05, 0) is 30.9 Å². The summed E-state index contributed by atoms with van der Waals surface area (Å²) in [7, 11) is 1.96. The second-order valence-corrected chi connectivity index (χ2v) is 7.95. The zero-order valence-electron chi connectivity index (χ0n) is 17.4. The highest BCUT2D eigenvalue weighted by Gasteiger charge is 2.25. The van der Waals surface area contributed by atoms with Crippen LogP contribution in [0.2, 0.25) is 0 Å². The molecule has 4 aromatic rings. The first-order valence-corrected chi connectivity index (χ1v) is 10.1. The molecule has 3 aromatic heterocycles. The number of aromatic nitrogens is 5. The van der Waals surface area contributed by atoms with E-state index in [0.717, 1.165) is 34.6 Å². The molecule has 0 aliphatic rings. The van der Waals surface area contributed by atoms with Gasteiger partial charge < -0.3 is 4.57 Å². The molecule has 0 aliphatic heterocycles. The molecule has 0 saturated carbocycles. The Morgan fingerprint density at radius 1 is 1.03 bits per heavy atom. The van der Waals surface area contributed by atoms with Gasteiger partial charge in [0.1, 0.15) is 0 Å². The molecule has 0 fully saturated rings. The Kier molecular flexibility index (Phi) is 5.30. The number of imidazole rings is 1. The van der Waals surface area contributed by atoms with E-state index < -0.39 is 0 Å². The summed E-state index contributed by atoms with van der Waals surface area (Å²) < 4.78 is 4.18. The predicted molar refractivity (Wildman–Crippen MR) is 116 cm³/mol. The van der Waals surface area contributed by atoms with Crippen molar-refractivity contribution in [2.24, 2.45) is 13.0 Å².